The minimum absolute atomic E-state index is 0.175. The Morgan fingerprint density at radius 1 is 1.73 bits per heavy atom. The molecule has 5 heteroatoms. The Hall–Kier alpha value is -1.52. The standard InChI is InChI=1S/C10H16N4O/c1-8-2-5-14(12-8)7-10(3-4-10)6-9(11)13-15/h2,5,15H,3-4,6-7H2,1H3,(H2,11,13). The number of oxime groups is 1. The van der Waals surface area contributed by atoms with Gasteiger partial charge in [0, 0.05) is 19.2 Å². The van der Waals surface area contributed by atoms with Gasteiger partial charge in [0.05, 0.1) is 5.69 Å². The van der Waals surface area contributed by atoms with Gasteiger partial charge in [-0.3, -0.25) is 4.68 Å². The first-order valence-corrected chi connectivity index (χ1v) is 5.10. The molecule has 0 aromatic carbocycles. The second-order valence-corrected chi connectivity index (χ2v) is 4.42. The molecule has 0 bridgehead atoms. The molecule has 82 valence electrons. The van der Waals surface area contributed by atoms with Crippen LogP contribution in [0.3, 0.4) is 0 Å². The van der Waals surface area contributed by atoms with Crippen molar-refractivity contribution in [1.29, 1.82) is 0 Å². The fourth-order valence-corrected chi connectivity index (χ4v) is 1.88. The average Bonchev–Trinajstić information content (AvgIpc) is 2.82. The van der Waals surface area contributed by atoms with Crippen LogP contribution in [0.25, 0.3) is 0 Å². The lowest BCUT2D eigenvalue weighted by Crippen LogP contribution is -2.21. The monoisotopic (exact) mass is 208 g/mol. The third-order valence-electron chi connectivity index (χ3n) is 2.91. The fraction of sp³-hybridized carbons (Fsp3) is 0.600. The van der Waals surface area contributed by atoms with E-state index in [0.717, 1.165) is 25.1 Å². The van der Waals surface area contributed by atoms with Crippen molar-refractivity contribution in [3.05, 3.63) is 18.0 Å². The number of amidine groups is 1. The van der Waals surface area contributed by atoms with Crippen LogP contribution in [0, 0.1) is 12.3 Å². The molecule has 1 aromatic heterocycles. The predicted octanol–water partition coefficient (Wildman–Crippen LogP) is 1.11. The summed E-state index contributed by atoms with van der Waals surface area (Å²) in [6.07, 6.45) is 4.88. The fourth-order valence-electron chi connectivity index (χ4n) is 1.88. The lowest BCUT2D eigenvalue weighted by Gasteiger charge is -2.13. The van der Waals surface area contributed by atoms with Crippen LogP contribution >= 0.6 is 0 Å². The van der Waals surface area contributed by atoms with Gasteiger partial charge in [-0.2, -0.15) is 5.10 Å². The molecule has 1 fully saturated rings. The van der Waals surface area contributed by atoms with E-state index in [2.05, 4.69) is 10.3 Å². The highest BCUT2D eigenvalue weighted by atomic mass is 16.4. The van der Waals surface area contributed by atoms with Crippen molar-refractivity contribution in [3.63, 3.8) is 0 Å². The summed E-state index contributed by atoms with van der Waals surface area (Å²) >= 11 is 0. The number of hydrogen-bond donors (Lipinski definition) is 2. The van der Waals surface area contributed by atoms with Gasteiger partial charge in [-0.25, -0.2) is 0 Å². The minimum atomic E-state index is 0.175. The molecule has 0 saturated heterocycles. The van der Waals surface area contributed by atoms with E-state index in [0.29, 0.717) is 12.3 Å². The Morgan fingerprint density at radius 2 is 2.47 bits per heavy atom. The number of rotatable bonds is 4. The number of aromatic nitrogens is 2. The van der Waals surface area contributed by atoms with Crippen LogP contribution < -0.4 is 5.73 Å². The highest BCUT2D eigenvalue weighted by molar-refractivity contribution is 5.80. The molecule has 1 aromatic rings. The molecule has 0 spiro atoms. The molecule has 1 heterocycles. The molecular weight excluding hydrogens is 192 g/mol. The van der Waals surface area contributed by atoms with E-state index in [1.807, 2.05) is 23.9 Å². The van der Waals surface area contributed by atoms with E-state index in [1.165, 1.54) is 0 Å². The molecule has 0 amide bonds. The van der Waals surface area contributed by atoms with Crippen molar-refractivity contribution in [2.45, 2.75) is 32.7 Å². The predicted molar refractivity (Wildman–Crippen MR) is 56.7 cm³/mol. The summed E-state index contributed by atoms with van der Waals surface area (Å²) in [5, 5.41) is 15.9. The van der Waals surface area contributed by atoms with Gasteiger partial charge in [-0.1, -0.05) is 5.16 Å². The van der Waals surface area contributed by atoms with Crippen molar-refractivity contribution in [3.8, 4) is 0 Å². The average molecular weight is 208 g/mol. The lowest BCUT2D eigenvalue weighted by molar-refractivity contribution is 0.312. The highest BCUT2D eigenvalue weighted by Crippen LogP contribution is 2.50. The molecule has 3 N–H and O–H groups in total. The van der Waals surface area contributed by atoms with Gasteiger partial charge >= 0.3 is 0 Å². The first-order chi connectivity index (χ1) is 7.13. The van der Waals surface area contributed by atoms with Crippen LogP contribution in [0.2, 0.25) is 0 Å². The maximum atomic E-state index is 8.54. The van der Waals surface area contributed by atoms with E-state index < -0.39 is 0 Å². The molecule has 0 aliphatic heterocycles. The van der Waals surface area contributed by atoms with Crippen LogP contribution in [0.15, 0.2) is 17.4 Å². The molecule has 1 aliphatic rings. The zero-order valence-electron chi connectivity index (χ0n) is 8.85. The van der Waals surface area contributed by atoms with E-state index in [1.54, 1.807) is 0 Å². The zero-order valence-corrected chi connectivity index (χ0v) is 8.85. The smallest absolute Gasteiger partial charge is 0.139 e. The SMILES string of the molecule is Cc1ccn(CC2(CC(N)=NO)CC2)n1. The van der Waals surface area contributed by atoms with Crippen LogP contribution in [0.4, 0.5) is 0 Å². The van der Waals surface area contributed by atoms with Gasteiger partial charge in [-0.05, 0) is 31.2 Å². The summed E-state index contributed by atoms with van der Waals surface area (Å²) in [6.45, 7) is 2.83. The summed E-state index contributed by atoms with van der Waals surface area (Å²) < 4.78 is 1.94. The molecule has 15 heavy (non-hydrogen) atoms. The first kappa shape index (κ1) is 10.0. The maximum absolute atomic E-state index is 8.54. The zero-order chi connectivity index (χ0) is 10.9. The van der Waals surface area contributed by atoms with E-state index in [4.69, 9.17) is 10.9 Å². The van der Waals surface area contributed by atoms with Gasteiger partial charge in [0.25, 0.3) is 0 Å². The number of hydrogen-bond acceptors (Lipinski definition) is 3. The van der Waals surface area contributed by atoms with Crippen molar-refractivity contribution in [1.82, 2.24) is 9.78 Å². The molecule has 0 radical (unpaired) electrons. The number of nitrogens with two attached hydrogens (primary N) is 1. The summed E-state index contributed by atoms with van der Waals surface area (Å²) in [5.41, 5.74) is 6.73. The van der Waals surface area contributed by atoms with Crippen molar-refractivity contribution in [2.75, 3.05) is 0 Å². The third-order valence-corrected chi connectivity index (χ3v) is 2.91. The molecule has 0 atom stereocenters. The van der Waals surface area contributed by atoms with Crippen LogP contribution in [-0.2, 0) is 6.54 Å². The molecule has 0 unspecified atom stereocenters. The Kier molecular flexibility index (Phi) is 2.38. The van der Waals surface area contributed by atoms with Gasteiger partial charge in [0.2, 0.25) is 0 Å². The second-order valence-electron chi connectivity index (χ2n) is 4.42. The van der Waals surface area contributed by atoms with Crippen LogP contribution in [0.5, 0.6) is 0 Å². The summed E-state index contributed by atoms with van der Waals surface area (Å²) in [7, 11) is 0. The van der Waals surface area contributed by atoms with E-state index in [9.17, 15) is 0 Å². The Bertz CT molecular complexity index is 379. The van der Waals surface area contributed by atoms with Gasteiger partial charge in [0.15, 0.2) is 0 Å². The molecule has 2 rings (SSSR count). The Morgan fingerprint density at radius 3 is 2.93 bits per heavy atom. The van der Waals surface area contributed by atoms with Crippen LogP contribution in [-0.4, -0.2) is 20.8 Å². The van der Waals surface area contributed by atoms with Crippen LogP contribution in [0.1, 0.15) is 25.0 Å². The molecular formula is C10H16N4O. The van der Waals surface area contributed by atoms with Gasteiger partial charge in [0.1, 0.15) is 5.84 Å². The maximum Gasteiger partial charge on any atom is 0.139 e. The molecule has 1 aliphatic carbocycles. The van der Waals surface area contributed by atoms with E-state index >= 15 is 0 Å². The van der Waals surface area contributed by atoms with Gasteiger partial charge in [-0.15, -0.1) is 0 Å². The second kappa shape index (κ2) is 3.56. The number of nitrogens with zero attached hydrogens (tertiary/aromatic N) is 3. The topological polar surface area (TPSA) is 76.4 Å². The molecule has 1 saturated carbocycles. The number of aryl methyl sites for hydroxylation is 1. The quantitative estimate of drug-likeness (QED) is 0.337. The lowest BCUT2D eigenvalue weighted by atomic mass is 10.0. The minimum Gasteiger partial charge on any atom is -0.409 e. The van der Waals surface area contributed by atoms with Crippen molar-refractivity contribution >= 4 is 5.84 Å². The summed E-state index contributed by atoms with van der Waals surface area (Å²) in [4.78, 5) is 0. The largest absolute Gasteiger partial charge is 0.409 e. The third kappa shape index (κ3) is 2.29. The van der Waals surface area contributed by atoms with Crippen molar-refractivity contribution in [2.24, 2.45) is 16.3 Å². The van der Waals surface area contributed by atoms with Gasteiger partial charge < -0.3 is 10.9 Å². The van der Waals surface area contributed by atoms with Crippen molar-refractivity contribution < 1.29 is 5.21 Å². The summed E-state index contributed by atoms with van der Waals surface area (Å²) in [5.74, 6) is 0.316. The normalized spacial score (nSPS) is 19.1. The Balaban J connectivity index is 1.99. The molecule has 5 nitrogen and oxygen atoms in total. The summed E-state index contributed by atoms with van der Waals surface area (Å²) in [6, 6.07) is 1.99. The van der Waals surface area contributed by atoms with E-state index in [-0.39, 0.29) is 5.41 Å². The Labute approximate surface area is 88.6 Å². The highest BCUT2D eigenvalue weighted by Gasteiger charge is 2.43. The first-order valence-electron chi connectivity index (χ1n) is 5.10.